The zero-order valence-electron chi connectivity index (χ0n) is 10.3. The molecule has 0 aliphatic heterocycles. The number of carbonyl (C=O) groups is 1. The highest BCUT2D eigenvalue weighted by molar-refractivity contribution is 5.89. The van der Waals surface area contributed by atoms with Crippen LogP contribution in [0.5, 0.6) is 0 Å². The van der Waals surface area contributed by atoms with E-state index in [1.165, 1.54) is 6.92 Å². The Labute approximate surface area is 107 Å². The van der Waals surface area contributed by atoms with Crippen molar-refractivity contribution in [3.63, 3.8) is 0 Å². The highest BCUT2D eigenvalue weighted by Crippen LogP contribution is 2.17. The Hall–Kier alpha value is -2.29. The normalized spacial score (nSPS) is 9.83. The lowest BCUT2D eigenvalue weighted by molar-refractivity contribution is -0.114. The SMILES string of the molecule is CC(=O)Nc1ccccc1CNc1ccccc1. The first-order valence-electron chi connectivity index (χ1n) is 5.90. The lowest BCUT2D eigenvalue weighted by Crippen LogP contribution is -2.10. The van der Waals surface area contributed by atoms with Crippen molar-refractivity contribution in [2.24, 2.45) is 0 Å². The maximum Gasteiger partial charge on any atom is 0.221 e. The number of benzene rings is 2. The fourth-order valence-corrected chi connectivity index (χ4v) is 1.74. The minimum atomic E-state index is -0.0536. The molecule has 2 aromatic carbocycles. The molecule has 0 unspecified atom stereocenters. The van der Waals surface area contributed by atoms with Crippen LogP contribution in [0.2, 0.25) is 0 Å². The van der Waals surface area contributed by atoms with Crippen molar-refractivity contribution in [1.29, 1.82) is 0 Å². The molecule has 0 radical (unpaired) electrons. The predicted octanol–water partition coefficient (Wildman–Crippen LogP) is 3.26. The van der Waals surface area contributed by atoms with Crippen LogP contribution in [0, 0.1) is 0 Å². The second-order valence-corrected chi connectivity index (χ2v) is 4.06. The minimum absolute atomic E-state index is 0.0536. The molecule has 0 atom stereocenters. The molecule has 0 heterocycles. The van der Waals surface area contributed by atoms with Gasteiger partial charge >= 0.3 is 0 Å². The Kier molecular flexibility index (Phi) is 3.97. The largest absolute Gasteiger partial charge is 0.381 e. The Morgan fingerprint density at radius 2 is 1.67 bits per heavy atom. The van der Waals surface area contributed by atoms with Gasteiger partial charge in [0.2, 0.25) is 5.91 Å². The van der Waals surface area contributed by atoms with E-state index in [0.29, 0.717) is 6.54 Å². The summed E-state index contributed by atoms with van der Waals surface area (Å²) in [5.41, 5.74) is 2.99. The van der Waals surface area contributed by atoms with Gasteiger partial charge in [-0.05, 0) is 23.8 Å². The van der Waals surface area contributed by atoms with E-state index >= 15 is 0 Å². The van der Waals surface area contributed by atoms with Crippen LogP contribution >= 0.6 is 0 Å². The molecule has 0 aliphatic rings. The topological polar surface area (TPSA) is 41.1 Å². The van der Waals surface area contributed by atoms with Gasteiger partial charge in [-0.25, -0.2) is 0 Å². The third kappa shape index (κ3) is 3.35. The molecule has 92 valence electrons. The number of anilines is 2. The van der Waals surface area contributed by atoms with Crippen molar-refractivity contribution >= 4 is 17.3 Å². The van der Waals surface area contributed by atoms with Crippen LogP contribution in [0.25, 0.3) is 0 Å². The molecule has 0 aromatic heterocycles. The van der Waals surface area contributed by atoms with Crippen molar-refractivity contribution in [3.05, 3.63) is 60.2 Å². The molecule has 0 bridgehead atoms. The molecule has 2 aromatic rings. The molecule has 3 nitrogen and oxygen atoms in total. The van der Waals surface area contributed by atoms with Gasteiger partial charge in [-0.1, -0.05) is 36.4 Å². The third-order valence-corrected chi connectivity index (χ3v) is 2.58. The number of para-hydroxylation sites is 2. The van der Waals surface area contributed by atoms with Crippen molar-refractivity contribution < 1.29 is 4.79 Å². The smallest absolute Gasteiger partial charge is 0.221 e. The maximum absolute atomic E-state index is 11.1. The Bertz CT molecular complexity index is 523. The van der Waals surface area contributed by atoms with Crippen molar-refractivity contribution in [3.8, 4) is 0 Å². The quantitative estimate of drug-likeness (QED) is 0.861. The summed E-state index contributed by atoms with van der Waals surface area (Å²) in [5.74, 6) is -0.0536. The van der Waals surface area contributed by atoms with E-state index in [1.807, 2.05) is 54.6 Å². The van der Waals surface area contributed by atoms with E-state index in [1.54, 1.807) is 0 Å². The van der Waals surface area contributed by atoms with E-state index < -0.39 is 0 Å². The molecular weight excluding hydrogens is 224 g/mol. The molecule has 0 fully saturated rings. The van der Waals surface area contributed by atoms with Crippen LogP contribution < -0.4 is 10.6 Å². The fourth-order valence-electron chi connectivity index (χ4n) is 1.74. The average Bonchev–Trinajstić information content (AvgIpc) is 2.38. The van der Waals surface area contributed by atoms with Crippen molar-refractivity contribution in [2.45, 2.75) is 13.5 Å². The van der Waals surface area contributed by atoms with Crippen molar-refractivity contribution in [1.82, 2.24) is 0 Å². The van der Waals surface area contributed by atoms with Crippen LogP contribution in [-0.4, -0.2) is 5.91 Å². The third-order valence-electron chi connectivity index (χ3n) is 2.58. The van der Waals surface area contributed by atoms with Crippen LogP contribution in [0.4, 0.5) is 11.4 Å². The number of hydrogen-bond acceptors (Lipinski definition) is 2. The summed E-state index contributed by atoms with van der Waals surface area (Å²) in [6, 6.07) is 17.8. The van der Waals surface area contributed by atoms with Gasteiger partial charge in [0.05, 0.1) is 0 Å². The summed E-state index contributed by atoms with van der Waals surface area (Å²) < 4.78 is 0. The molecule has 0 aliphatic carbocycles. The monoisotopic (exact) mass is 240 g/mol. The summed E-state index contributed by atoms with van der Waals surface area (Å²) in [6.45, 7) is 2.20. The van der Waals surface area contributed by atoms with Gasteiger partial charge in [-0.2, -0.15) is 0 Å². The Morgan fingerprint density at radius 1 is 1.00 bits per heavy atom. The van der Waals surface area contributed by atoms with E-state index in [0.717, 1.165) is 16.9 Å². The molecule has 0 saturated heterocycles. The highest BCUT2D eigenvalue weighted by atomic mass is 16.1. The second kappa shape index (κ2) is 5.87. The Morgan fingerprint density at radius 3 is 2.39 bits per heavy atom. The molecule has 1 amide bonds. The molecule has 0 saturated carbocycles. The minimum Gasteiger partial charge on any atom is -0.381 e. The second-order valence-electron chi connectivity index (χ2n) is 4.06. The van der Waals surface area contributed by atoms with Gasteiger partial charge < -0.3 is 10.6 Å². The maximum atomic E-state index is 11.1. The highest BCUT2D eigenvalue weighted by Gasteiger charge is 2.02. The summed E-state index contributed by atoms with van der Waals surface area (Å²) in [6.07, 6.45) is 0. The first-order valence-corrected chi connectivity index (χ1v) is 5.90. The number of hydrogen-bond donors (Lipinski definition) is 2. The molecule has 0 spiro atoms. The van der Waals surface area contributed by atoms with E-state index in [-0.39, 0.29) is 5.91 Å². The Balaban J connectivity index is 2.07. The average molecular weight is 240 g/mol. The summed E-state index contributed by atoms with van der Waals surface area (Å²) in [5, 5.41) is 6.15. The number of rotatable bonds is 4. The van der Waals surface area contributed by atoms with E-state index in [4.69, 9.17) is 0 Å². The standard InChI is InChI=1S/C15H16N2O/c1-12(18)17-15-10-6-5-7-13(15)11-16-14-8-3-2-4-9-14/h2-10,16H,11H2,1H3,(H,17,18). The van der Waals surface area contributed by atoms with Crippen LogP contribution in [-0.2, 0) is 11.3 Å². The van der Waals surface area contributed by atoms with Gasteiger partial charge in [0, 0.05) is 24.8 Å². The lowest BCUT2D eigenvalue weighted by atomic mass is 10.1. The first-order chi connectivity index (χ1) is 8.75. The fraction of sp³-hybridized carbons (Fsp3) is 0.133. The van der Waals surface area contributed by atoms with Crippen LogP contribution in [0.3, 0.4) is 0 Å². The van der Waals surface area contributed by atoms with Gasteiger partial charge in [-0.15, -0.1) is 0 Å². The van der Waals surface area contributed by atoms with E-state index in [2.05, 4.69) is 10.6 Å². The van der Waals surface area contributed by atoms with Gasteiger partial charge in [0.1, 0.15) is 0 Å². The molecule has 18 heavy (non-hydrogen) atoms. The van der Waals surface area contributed by atoms with Crippen LogP contribution in [0.1, 0.15) is 12.5 Å². The zero-order chi connectivity index (χ0) is 12.8. The van der Waals surface area contributed by atoms with Gasteiger partial charge in [0.15, 0.2) is 0 Å². The van der Waals surface area contributed by atoms with E-state index in [9.17, 15) is 4.79 Å². The van der Waals surface area contributed by atoms with Crippen LogP contribution in [0.15, 0.2) is 54.6 Å². The lowest BCUT2D eigenvalue weighted by Gasteiger charge is -2.11. The summed E-state index contributed by atoms with van der Waals surface area (Å²) >= 11 is 0. The molecular formula is C15H16N2O. The van der Waals surface area contributed by atoms with Gasteiger partial charge in [0.25, 0.3) is 0 Å². The number of amides is 1. The number of carbonyl (C=O) groups excluding carboxylic acids is 1. The predicted molar refractivity (Wildman–Crippen MR) is 74.5 cm³/mol. The number of nitrogens with one attached hydrogen (secondary N) is 2. The van der Waals surface area contributed by atoms with Gasteiger partial charge in [-0.3, -0.25) is 4.79 Å². The first kappa shape index (κ1) is 12.2. The zero-order valence-corrected chi connectivity index (χ0v) is 10.3. The molecule has 2 rings (SSSR count). The van der Waals surface area contributed by atoms with Crippen molar-refractivity contribution in [2.75, 3.05) is 10.6 Å². The molecule has 2 N–H and O–H groups in total. The summed E-state index contributed by atoms with van der Waals surface area (Å²) in [4.78, 5) is 11.1. The summed E-state index contributed by atoms with van der Waals surface area (Å²) in [7, 11) is 0. The molecule has 3 heteroatoms.